The monoisotopic (exact) mass is 234 g/mol. The Labute approximate surface area is 104 Å². The molecule has 1 aromatic heterocycles. The van der Waals surface area contributed by atoms with E-state index in [0.29, 0.717) is 11.8 Å². The van der Waals surface area contributed by atoms with Crippen LogP contribution in [0.1, 0.15) is 69.3 Å². The van der Waals surface area contributed by atoms with Gasteiger partial charge >= 0.3 is 0 Å². The molecule has 1 aliphatic rings. The van der Waals surface area contributed by atoms with Crippen LogP contribution in [-0.2, 0) is 6.42 Å². The van der Waals surface area contributed by atoms with E-state index in [1.54, 1.807) is 0 Å². The highest BCUT2D eigenvalue weighted by Crippen LogP contribution is 2.34. The second-order valence-corrected chi connectivity index (χ2v) is 5.39. The number of hydrogen-bond acceptors (Lipinski definition) is 3. The van der Waals surface area contributed by atoms with Crippen LogP contribution in [-0.4, -0.2) is 16.8 Å². The summed E-state index contributed by atoms with van der Waals surface area (Å²) in [4.78, 5) is 0. The minimum Gasteiger partial charge on any atom is -0.491 e. The van der Waals surface area contributed by atoms with Crippen LogP contribution in [0.5, 0.6) is 5.75 Å². The lowest BCUT2D eigenvalue weighted by Gasteiger charge is -2.17. The predicted molar refractivity (Wildman–Crippen MR) is 68.6 cm³/mol. The van der Waals surface area contributed by atoms with Gasteiger partial charge in [0.25, 0.3) is 0 Å². The Morgan fingerprint density at radius 3 is 2.24 bits per heavy atom. The molecule has 3 nitrogen and oxygen atoms in total. The number of fused-ring (bicyclic) bond motifs is 1. The molecular formula is C14H22N2O. The van der Waals surface area contributed by atoms with Gasteiger partial charge in [0.1, 0.15) is 11.4 Å². The number of rotatable bonds is 2. The summed E-state index contributed by atoms with van der Waals surface area (Å²) in [5.41, 5.74) is 3.44. The summed E-state index contributed by atoms with van der Waals surface area (Å²) >= 11 is 0. The fraction of sp³-hybridized carbons (Fsp3) is 0.714. The van der Waals surface area contributed by atoms with E-state index in [1.165, 1.54) is 12.0 Å². The van der Waals surface area contributed by atoms with Crippen LogP contribution >= 0.6 is 0 Å². The average molecular weight is 234 g/mol. The topological polar surface area (TPSA) is 35.0 Å². The maximum Gasteiger partial charge on any atom is 0.147 e. The zero-order valence-electron chi connectivity index (χ0n) is 11.3. The Hall–Kier alpha value is -1.12. The largest absolute Gasteiger partial charge is 0.491 e. The molecule has 0 spiro atoms. The molecule has 2 rings (SSSR count). The first-order valence-electron chi connectivity index (χ1n) is 6.63. The van der Waals surface area contributed by atoms with Gasteiger partial charge in [-0.25, -0.2) is 0 Å². The molecule has 1 aliphatic heterocycles. The molecule has 0 atom stereocenters. The third-order valence-electron chi connectivity index (χ3n) is 3.24. The molecule has 17 heavy (non-hydrogen) atoms. The van der Waals surface area contributed by atoms with Gasteiger partial charge in [-0.1, -0.05) is 27.7 Å². The van der Waals surface area contributed by atoms with Crippen molar-refractivity contribution in [3.8, 4) is 5.75 Å². The Morgan fingerprint density at radius 1 is 0.941 bits per heavy atom. The van der Waals surface area contributed by atoms with Crippen molar-refractivity contribution in [3.63, 3.8) is 0 Å². The van der Waals surface area contributed by atoms with Crippen LogP contribution in [0.4, 0.5) is 0 Å². The molecule has 3 heteroatoms. The lowest BCUT2D eigenvalue weighted by atomic mass is 9.97. The lowest BCUT2D eigenvalue weighted by Crippen LogP contribution is -2.10. The van der Waals surface area contributed by atoms with Crippen LogP contribution < -0.4 is 4.74 Å². The number of ether oxygens (including phenoxy) is 1. The van der Waals surface area contributed by atoms with E-state index < -0.39 is 0 Å². The molecule has 0 saturated carbocycles. The second kappa shape index (κ2) is 5.03. The average Bonchev–Trinajstić information content (AvgIpc) is 2.52. The van der Waals surface area contributed by atoms with Crippen molar-refractivity contribution >= 4 is 0 Å². The smallest absolute Gasteiger partial charge is 0.147 e. The van der Waals surface area contributed by atoms with Crippen molar-refractivity contribution in [2.45, 2.75) is 58.8 Å². The van der Waals surface area contributed by atoms with E-state index in [0.717, 1.165) is 36.6 Å². The van der Waals surface area contributed by atoms with E-state index in [-0.39, 0.29) is 0 Å². The summed E-state index contributed by atoms with van der Waals surface area (Å²) in [7, 11) is 0. The summed E-state index contributed by atoms with van der Waals surface area (Å²) < 4.78 is 5.93. The Kier molecular flexibility index (Phi) is 3.65. The molecule has 0 fully saturated rings. The molecule has 1 aromatic rings. The van der Waals surface area contributed by atoms with Gasteiger partial charge in [0.2, 0.25) is 0 Å². The fourth-order valence-electron chi connectivity index (χ4n) is 2.31. The summed E-state index contributed by atoms with van der Waals surface area (Å²) in [6.45, 7) is 9.45. The molecule has 0 bridgehead atoms. The van der Waals surface area contributed by atoms with Crippen LogP contribution in [0, 0.1) is 0 Å². The van der Waals surface area contributed by atoms with E-state index in [2.05, 4.69) is 37.9 Å². The summed E-state index contributed by atoms with van der Waals surface area (Å²) in [6, 6.07) is 0. The van der Waals surface area contributed by atoms with Crippen LogP contribution in [0.15, 0.2) is 0 Å². The summed E-state index contributed by atoms with van der Waals surface area (Å²) in [5, 5.41) is 8.80. The number of aromatic nitrogens is 2. The minimum absolute atomic E-state index is 0.371. The molecule has 0 amide bonds. The van der Waals surface area contributed by atoms with E-state index in [9.17, 15) is 0 Å². The Bertz CT molecular complexity index is 362. The quantitative estimate of drug-likeness (QED) is 0.786. The summed E-state index contributed by atoms with van der Waals surface area (Å²) in [6.07, 6.45) is 3.40. The number of hydrogen-bond donors (Lipinski definition) is 0. The first-order valence-corrected chi connectivity index (χ1v) is 6.63. The minimum atomic E-state index is 0.371. The third kappa shape index (κ3) is 2.43. The van der Waals surface area contributed by atoms with Gasteiger partial charge in [-0.2, -0.15) is 10.2 Å². The van der Waals surface area contributed by atoms with Crippen LogP contribution in [0.25, 0.3) is 0 Å². The zero-order chi connectivity index (χ0) is 12.4. The highest BCUT2D eigenvalue weighted by atomic mass is 16.5. The highest BCUT2D eigenvalue weighted by Gasteiger charge is 2.22. The van der Waals surface area contributed by atoms with Gasteiger partial charge in [0.05, 0.1) is 12.3 Å². The van der Waals surface area contributed by atoms with Crippen molar-refractivity contribution < 1.29 is 4.74 Å². The normalized spacial score (nSPS) is 15.6. The summed E-state index contributed by atoms with van der Waals surface area (Å²) in [5.74, 6) is 1.81. The Balaban J connectivity index is 2.54. The van der Waals surface area contributed by atoms with Gasteiger partial charge in [0.15, 0.2) is 0 Å². The second-order valence-electron chi connectivity index (χ2n) is 5.39. The lowest BCUT2D eigenvalue weighted by molar-refractivity contribution is 0.309. The van der Waals surface area contributed by atoms with E-state index >= 15 is 0 Å². The zero-order valence-corrected chi connectivity index (χ0v) is 11.3. The van der Waals surface area contributed by atoms with Gasteiger partial charge < -0.3 is 4.74 Å². The van der Waals surface area contributed by atoms with Crippen LogP contribution in [0.2, 0.25) is 0 Å². The molecule has 0 aromatic carbocycles. The molecule has 0 aliphatic carbocycles. The predicted octanol–water partition coefficient (Wildman–Crippen LogP) is 3.44. The van der Waals surface area contributed by atoms with Crippen molar-refractivity contribution in [2.24, 2.45) is 0 Å². The van der Waals surface area contributed by atoms with Crippen molar-refractivity contribution in [2.75, 3.05) is 6.61 Å². The maximum absolute atomic E-state index is 5.93. The molecular weight excluding hydrogens is 212 g/mol. The molecule has 0 radical (unpaired) electrons. The van der Waals surface area contributed by atoms with Crippen molar-refractivity contribution in [1.29, 1.82) is 0 Å². The SMILES string of the molecule is CC(C)c1nnc(C(C)C)c2c1CCCCO2. The maximum atomic E-state index is 5.93. The van der Waals surface area contributed by atoms with Gasteiger partial charge in [-0.15, -0.1) is 0 Å². The third-order valence-corrected chi connectivity index (χ3v) is 3.24. The van der Waals surface area contributed by atoms with Crippen LogP contribution in [0.3, 0.4) is 0 Å². The number of nitrogens with zero attached hydrogens (tertiary/aromatic N) is 2. The van der Waals surface area contributed by atoms with Gasteiger partial charge in [-0.05, 0) is 25.2 Å². The van der Waals surface area contributed by atoms with E-state index in [1.807, 2.05) is 0 Å². The highest BCUT2D eigenvalue weighted by molar-refractivity contribution is 5.42. The fourth-order valence-corrected chi connectivity index (χ4v) is 2.31. The standard InChI is InChI=1S/C14H22N2O/c1-9(2)12-11-7-5-6-8-17-14(11)13(10(3)4)16-15-12/h9-10H,5-8H2,1-4H3. The van der Waals surface area contributed by atoms with E-state index in [4.69, 9.17) is 4.74 Å². The Morgan fingerprint density at radius 2 is 1.59 bits per heavy atom. The molecule has 94 valence electrons. The molecule has 0 saturated heterocycles. The van der Waals surface area contributed by atoms with Gasteiger partial charge in [-0.3, -0.25) is 0 Å². The first-order chi connectivity index (χ1) is 8.11. The molecule has 2 heterocycles. The molecule has 0 N–H and O–H groups in total. The molecule has 0 unspecified atom stereocenters. The van der Waals surface area contributed by atoms with Gasteiger partial charge in [0, 0.05) is 11.5 Å². The van der Waals surface area contributed by atoms with Crippen molar-refractivity contribution in [1.82, 2.24) is 10.2 Å². The van der Waals surface area contributed by atoms with Crippen molar-refractivity contribution in [3.05, 3.63) is 17.0 Å². The first kappa shape index (κ1) is 12.3.